The molecule has 0 aliphatic carbocycles. The molecule has 0 spiro atoms. The number of carbonyl (C=O) groups is 1. The zero-order valence-corrected chi connectivity index (χ0v) is 11.9. The lowest BCUT2D eigenvalue weighted by atomic mass is 10.1. The highest BCUT2D eigenvalue weighted by Crippen LogP contribution is 2.26. The van der Waals surface area contributed by atoms with Gasteiger partial charge in [-0.15, -0.1) is 0 Å². The van der Waals surface area contributed by atoms with Gasteiger partial charge in [-0.25, -0.2) is 4.79 Å². The lowest BCUT2D eigenvalue weighted by molar-refractivity contribution is -0.155. The molecule has 0 saturated carbocycles. The average Bonchev–Trinajstić information content (AvgIpc) is 2.62. The molecular formula is C14H26N2O2. The van der Waals surface area contributed by atoms with Crippen molar-refractivity contribution in [1.29, 1.82) is 0 Å². The van der Waals surface area contributed by atoms with E-state index in [0.29, 0.717) is 0 Å². The Morgan fingerprint density at radius 3 is 2.39 bits per heavy atom. The van der Waals surface area contributed by atoms with Crippen LogP contribution in [-0.4, -0.2) is 40.1 Å². The van der Waals surface area contributed by atoms with Crippen molar-refractivity contribution in [3.05, 3.63) is 12.4 Å². The van der Waals surface area contributed by atoms with Crippen LogP contribution >= 0.6 is 0 Å². The fraction of sp³-hybridized carbons (Fsp3) is 0.786. The second-order valence-corrected chi connectivity index (χ2v) is 5.20. The summed E-state index contributed by atoms with van der Waals surface area (Å²) in [7, 11) is 1.81. The van der Waals surface area contributed by atoms with Crippen molar-refractivity contribution < 1.29 is 9.90 Å². The Bertz CT molecular complexity index is 304. The van der Waals surface area contributed by atoms with Gasteiger partial charge < -0.3 is 14.9 Å². The van der Waals surface area contributed by atoms with E-state index in [1.807, 2.05) is 24.3 Å². The molecule has 1 heterocycles. The summed E-state index contributed by atoms with van der Waals surface area (Å²) in [4.78, 5) is 15.1. The maximum atomic E-state index is 11.4. The quantitative estimate of drug-likeness (QED) is 0.676. The Kier molecular flexibility index (Phi) is 5.51. The molecule has 1 unspecified atom stereocenters. The van der Waals surface area contributed by atoms with Crippen molar-refractivity contribution in [2.75, 3.05) is 13.6 Å². The van der Waals surface area contributed by atoms with Crippen LogP contribution in [-0.2, 0) is 4.79 Å². The van der Waals surface area contributed by atoms with Crippen LogP contribution in [0.4, 0.5) is 0 Å². The Hall–Kier alpha value is -1.19. The normalized spacial score (nSPS) is 22.8. The van der Waals surface area contributed by atoms with Crippen LogP contribution in [0.3, 0.4) is 0 Å². The second-order valence-electron chi connectivity index (χ2n) is 5.20. The predicted octanol–water partition coefficient (Wildman–Crippen LogP) is 2.87. The second kappa shape index (κ2) is 6.66. The molecule has 0 radical (unpaired) electrons. The first kappa shape index (κ1) is 14.9. The Labute approximate surface area is 110 Å². The number of hydrogen-bond donors (Lipinski definition) is 1. The van der Waals surface area contributed by atoms with Crippen molar-refractivity contribution in [2.24, 2.45) is 0 Å². The van der Waals surface area contributed by atoms with Gasteiger partial charge >= 0.3 is 5.97 Å². The molecular weight excluding hydrogens is 228 g/mol. The molecule has 0 bridgehead atoms. The summed E-state index contributed by atoms with van der Waals surface area (Å²) in [6, 6.07) is 0. The van der Waals surface area contributed by atoms with E-state index in [0.717, 1.165) is 13.0 Å². The molecule has 1 aliphatic rings. The summed E-state index contributed by atoms with van der Waals surface area (Å²) in [6.45, 7) is 4.78. The zero-order chi connectivity index (χ0) is 13.6. The van der Waals surface area contributed by atoms with Gasteiger partial charge in [0.25, 0.3) is 0 Å². The summed E-state index contributed by atoms with van der Waals surface area (Å²) in [6.07, 6.45) is 11.1. The standard InChI is InChI=1S/C14H26N2O2/c1-4-5-6-7-8-9-10-16-12-11-15(3)14(16,2)13(17)18/h11-12H,4-10H2,1-3H3,(H,17,18). The highest BCUT2D eigenvalue weighted by atomic mass is 16.4. The number of unbranched alkanes of at least 4 members (excludes halogenated alkanes) is 5. The number of likely N-dealkylation sites (N-methyl/N-ethyl adjacent to an activating group) is 1. The van der Waals surface area contributed by atoms with E-state index in [4.69, 9.17) is 0 Å². The summed E-state index contributed by atoms with van der Waals surface area (Å²) < 4.78 is 0. The molecule has 4 nitrogen and oxygen atoms in total. The zero-order valence-electron chi connectivity index (χ0n) is 11.9. The molecule has 1 atom stereocenters. The number of rotatable bonds is 8. The van der Waals surface area contributed by atoms with Crippen LogP contribution in [0.5, 0.6) is 0 Å². The van der Waals surface area contributed by atoms with Crippen LogP contribution < -0.4 is 0 Å². The molecule has 0 aromatic heterocycles. The summed E-state index contributed by atoms with van der Waals surface area (Å²) in [5, 5.41) is 9.36. The van der Waals surface area contributed by atoms with Gasteiger partial charge in [0.05, 0.1) is 0 Å². The van der Waals surface area contributed by atoms with Crippen molar-refractivity contribution in [2.45, 2.75) is 58.0 Å². The summed E-state index contributed by atoms with van der Waals surface area (Å²) >= 11 is 0. The SMILES string of the molecule is CCCCCCCCN1C=CN(C)C1(C)C(=O)O. The molecule has 104 valence electrons. The smallest absolute Gasteiger partial charge is 0.350 e. The molecule has 4 heteroatoms. The van der Waals surface area contributed by atoms with E-state index in [-0.39, 0.29) is 0 Å². The number of carboxylic acid groups (broad SMARTS) is 1. The van der Waals surface area contributed by atoms with E-state index >= 15 is 0 Å². The van der Waals surface area contributed by atoms with E-state index < -0.39 is 11.6 Å². The molecule has 0 amide bonds. The monoisotopic (exact) mass is 254 g/mol. The minimum Gasteiger partial charge on any atom is -0.478 e. The maximum absolute atomic E-state index is 11.4. The summed E-state index contributed by atoms with van der Waals surface area (Å²) in [5.74, 6) is -0.791. The van der Waals surface area contributed by atoms with Gasteiger partial charge in [-0.2, -0.15) is 0 Å². The van der Waals surface area contributed by atoms with Gasteiger partial charge in [0.1, 0.15) is 0 Å². The Balaban J connectivity index is 2.33. The van der Waals surface area contributed by atoms with E-state index in [1.54, 1.807) is 11.8 Å². The molecule has 1 N–H and O–H groups in total. The summed E-state index contributed by atoms with van der Waals surface area (Å²) in [5.41, 5.74) is -0.913. The van der Waals surface area contributed by atoms with E-state index in [2.05, 4.69) is 6.92 Å². The van der Waals surface area contributed by atoms with Gasteiger partial charge in [-0.3, -0.25) is 0 Å². The molecule has 0 aromatic carbocycles. The van der Waals surface area contributed by atoms with E-state index in [1.165, 1.54) is 32.1 Å². The van der Waals surface area contributed by atoms with Gasteiger partial charge in [-0.1, -0.05) is 39.0 Å². The molecule has 1 rings (SSSR count). The largest absolute Gasteiger partial charge is 0.478 e. The van der Waals surface area contributed by atoms with Gasteiger partial charge in [0, 0.05) is 26.0 Å². The number of hydrogen-bond acceptors (Lipinski definition) is 3. The minimum atomic E-state index is -0.913. The van der Waals surface area contributed by atoms with Crippen molar-refractivity contribution in [1.82, 2.24) is 9.80 Å². The first-order chi connectivity index (χ1) is 8.53. The van der Waals surface area contributed by atoms with Crippen molar-refractivity contribution in [3.63, 3.8) is 0 Å². The fourth-order valence-corrected chi connectivity index (χ4v) is 2.30. The lowest BCUT2D eigenvalue weighted by Gasteiger charge is -2.37. The third-order valence-corrected chi connectivity index (χ3v) is 3.87. The van der Waals surface area contributed by atoms with Gasteiger partial charge in [0.15, 0.2) is 0 Å². The van der Waals surface area contributed by atoms with Crippen LogP contribution in [0.2, 0.25) is 0 Å². The Morgan fingerprint density at radius 2 is 1.78 bits per heavy atom. The van der Waals surface area contributed by atoms with E-state index in [9.17, 15) is 9.90 Å². The molecule has 1 aliphatic heterocycles. The highest BCUT2D eigenvalue weighted by Gasteiger charge is 2.44. The highest BCUT2D eigenvalue weighted by molar-refractivity contribution is 5.78. The van der Waals surface area contributed by atoms with Crippen LogP contribution in [0.15, 0.2) is 12.4 Å². The topological polar surface area (TPSA) is 43.8 Å². The lowest BCUT2D eigenvalue weighted by Crippen LogP contribution is -2.55. The van der Waals surface area contributed by atoms with Crippen LogP contribution in [0, 0.1) is 0 Å². The predicted molar refractivity (Wildman–Crippen MR) is 73.0 cm³/mol. The van der Waals surface area contributed by atoms with Gasteiger partial charge in [0.2, 0.25) is 5.66 Å². The minimum absolute atomic E-state index is 0.791. The van der Waals surface area contributed by atoms with Crippen molar-refractivity contribution >= 4 is 5.97 Å². The first-order valence-electron chi connectivity index (χ1n) is 6.95. The van der Waals surface area contributed by atoms with Gasteiger partial charge in [-0.05, 0) is 13.3 Å². The maximum Gasteiger partial charge on any atom is 0.350 e. The van der Waals surface area contributed by atoms with Crippen molar-refractivity contribution in [3.8, 4) is 0 Å². The molecule has 0 saturated heterocycles. The average molecular weight is 254 g/mol. The fourth-order valence-electron chi connectivity index (χ4n) is 2.30. The number of carboxylic acids is 1. The Morgan fingerprint density at radius 1 is 1.17 bits per heavy atom. The first-order valence-corrected chi connectivity index (χ1v) is 6.95. The molecule has 0 fully saturated rings. The number of nitrogens with zero attached hydrogens (tertiary/aromatic N) is 2. The molecule has 18 heavy (non-hydrogen) atoms. The third kappa shape index (κ3) is 3.18. The molecule has 0 aromatic rings. The third-order valence-electron chi connectivity index (χ3n) is 3.87. The number of aliphatic carboxylic acids is 1. The van der Waals surface area contributed by atoms with Crippen LogP contribution in [0.1, 0.15) is 52.4 Å². The van der Waals surface area contributed by atoms with Crippen LogP contribution in [0.25, 0.3) is 0 Å².